The van der Waals surface area contributed by atoms with E-state index in [1.807, 2.05) is 0 Å². The topological polar surface area (TPSA) is 12.0 Å². The first kappa shape index (κ1) is 14.8. The van der Waals surface area contributed by atoms with Crippen LogP contribution in [-0.4, -0.2) is 13.1 Å². The fourth-order valence-corrected chi connectivity index (χ4v) is 2.74. The molecule has 1 fully saturated rings. The monoisotopic (exact) mass is 237 g/mol. The van der Waals surface area contributed by atoms with Gasteiger partial charge in [0.15, 0.2) is 0 Å². The lowest BCUT2D eigenvalue weighted by molar-refractivity contribution is 0.297. The van der Waals surface area contributed by atoms with E-state index >= 15 is 0 Å². The Labute approximate surface area is 108 Å². The van der Waals surface area contributed by atoms with E-state index in [4.69, 9.17) is 0 Å². The Morgan fingerprint density at radius 1 is 1.29 bits per heavy atom. The largest absolute Gasteiger partial charge is 0.316 e. The molecule has 1 rings (SSSR count). The van der Waals surface area contributed by atoms with Crippen LogP contribution in [0.15, 0.2) is 12.2 Å². The summed E-state index contributed by atoms with van der Waals surface area (Å²) in [7, 11) is 0. The van der Waals surface area contributed by atoms with Crippen LogP contribution in [0.2, 0.25) is 0 Å². The van der Waals surface area contributed by atoms with Gasteiger partial charge in [0.1, 0.15) is 0 Å². The van der Waals surface area contributed by atoms with Gasteiger partial charge in [0.25, 0.3) is 0 Å². The van der Waals surface area contributed by atoms with Gasteiger partial charge >= 0.3 is 0 Å². The number of rotatable bonds is 7. The predicted molar refractivity (Wildman–Crippen MR) is 77.2 cm³/mol. The fourth-order valence-electron chi connectivity index (χ4n) is 2.74. The zero-order valence-corrected chi connectivity index (χ0v) is 12.0. The lowest BCUT2D eigenvalue weighted by Crippen LogP contribution is -2.20. The van der Waals surface area contributed by atoms with Gasteiger partial charge in [0.2, 0.25) is 0 Å². The summed E-state index contributed by atoms with van der Waals surface area (Å²) in [6.45, 7) is 9.14. The zero-order valence-electron chi connectivity index (χ0n) is 12.0. The second-order valence-electron chi connectivity index (χ2n) is 6.02. The van der Waals surface area contributed by atoms with Crippen molar-refractivity contribution in [1.29, 1.82) is 0 Å². The van der Waals surface area contributed by atoms with E-state index in [0.717, 1.165) is 30.8 Å². The van der Waals surface area contributed by atoms with Crippen molar-refractivity contribution in [3.8, 4) is 0 Å². The SMILES string of the molecule is CCC1CCCC(/C=C/CCNCC(C)C)C1. The Bertz CT molecular complexity index is 208. The summed E-state index contributed by atoms with van der Waals surface area (Å²) in [6, 6.07) is 0. The molecular formula is C16H31N. The molecule has 0 aromatic rings. The van der Waals surface area contributed by atoms with Crippen LogP contribution >= 0.6 is 0 Å². The minimum absolute atomic E-state index is 0.766. The third-order valence-electron chi connectivity index (χ3n) is 3.85. The van der Waals surface area contributed by atoms with E-state index in [1.54, 1.807) is 0 Å². The van der Waals surface area contributed by atoms with Crippen LogP contribution in [0, 0.1) is 17.8 Å². The van der Waals surface area contributed by atoms with Crippen molar-refractivity contribution in [2.75, 3.05) is 13.1 Å². The van der Waals surface area contributed by atoms with Gasteiger partial charge in [-0.3, -0.25) is 0 Å². The molecule has 0 radical (unpaired) electrons. The number of allylic oxidation sites excluding steroid dienone is 1. The maximum atomic E-state index is 3.49. The van der Waals surface area contributed by atoms with E-state index in [9.17, 15) is 0 Å². The lowest BCUT2D eigenvalue weighted by Gasteiger charge is -2.26. The third-order valence-corrected chi connectivity index (χ3v) is 3.85. The summed E-state index contributed by atoms with van der Waals surface area (Å²) in [6.07, 6.45) is 13.2. The molecule has 0 saturated heterocycles. The average molecular weight is 237 g/mol. The average Bonchev–Trinajstić information content (AvgIpc) is 2.33. The predicted octanol–water partition coefficient (Wildman–Crippen LogP) is 4.39. The van der Waals surface area contributed by atoms with Gasteiger partial charge in [0, 0.05) is 0 Å². The van der Waals surface area contributed by atoms with Gasteiger partial charge in [-0.15, -0.1) is 0 Å². The Morgan fingerprint density at radius 3 is 2.82 bits per heavy atom. The summed E-state index contributed by atoms with van der Waals surface area (Å²) in [5.74, 6) is 2.64. The van der Waals surface area contributed by atoms with Crippen LogP contribution in [0.5, 0.6) is 0 Å². The van der Waals surface area contributed by atoms with Crippen molar-refractivity contribution < 1.29 is 0 Å². The van der Waals surface area contributed by atoms with Gasteiger partial charge in [-0.2, -0.15) is 0 Å². The van der Waals surface area contributed by atoms with Crippen LogP contribution in [0.1, 0.15) is 59.3 Å². The Hall–Kier alpha value is -0.300. The first-order valence-corrected chi connectivity index (χ1v) is 7.59. The van der Waals surface area contributed by atoms with E-state index < -0.39 is 0 Å². The molecule has 2 unspecified atom stereocenters. The minimum atomic E-state index is 0.766. The summed E-state index contributed by atoms with van der Waals surface area (Å²) in [5.41, 5.74) is 0. The second-order valence-corrected chi connectivity index (χ2v) is 6.02. The van der Waals surface area contributed by atoms with Crippen LogP contribution < -0.4 is 5.32 Å². The van der Waals surface area contributed by atoms with Crippen molar-refractivity contribution in [3.05, 3.63) is 12.2 Å². The molecule has 0 spiro atoms. The normalized spacial score (nSPS) is 25.9. The molecule has 0 aromatic carbocycles. The fraction of sp³-hybridized carbons (Fsp3) is 0.875. The van der Waals surface area contributed by atoms with E-state index in [0.29, 0.717) is 0 Å². The Balaban J connectivity index is 2.07. The highest BCUT2D eigenvalue weighted by atomic mass is 14.8. The van der Waals surface area contributed by atoms with E-state index in [1.165, 1.54) is 38.5 Å². The van der Waals surface area contributed by atoms with Gasteiger partial charge in [-0.1, -0.05) is 52.2 Å². The molecule has 0 bridgehead atoms. The van der Waals surface area contributed by atoms with Crippen molar-refractivity contribution >= 4 is 0 Å². The maximum Gasteiger partial charge on any atom is -0.00142 e. The van der Waals surface area contributed by atoms with Crippen molar-refractivity contribution in [2.45, 2.75) is 59.3 Å². The quantitative estimate of drug-likeness (QED) is 0.511. The maximum absolute atomic E-state index is 3.49. The van der Waals surface area contributed by atoms with E-state index in [-0.39, 0.29) is 0 Å². The first-order chi connectivity index (χ1) is 8.22. The molecule has 0 heterocycles. The molecule has 1 saturated carbocycles. The van der Waals surface area contributed by atoms with Gasteiger partial charge in [0.05, 0.1) is 0 Å². The number of hydrogen-bond acceptors (Lipinski definition) is 1. The molecule has 17 heavy (non-hydrogen) atoms. The van der Waals surface area contributed by atoms with E-state index in [2.05, 4.69) is 38.2 Å². The highest BCUT2D eigenvalue weighted by Crippen LogP contribution is 2.31. The van der Waals surface area contributed by atoms with Crippen molar-refractivity contribution in [1.82, 2.24) is 5.32 Å². The van der Waals surface area contributed by atoms with Gasteiger partial charge in [-0.05, 0) is 50.1 Å². The lowest BCUT2D eigenvalue weighted by atomic mass is 9.80. The molecule has 1 N–H and O–H groups in total. The highest BCUT2D eigenvalue weighted by molar-refractivity contribution is 4.91. The minimum Gasteiger partial charge on any atom is -0.316 e. The highest BCUT2D eigenvalue weighted by Gasteiger charge is 2.18. The second kappa shape index (κ2) is 8.74. The Morgan fingerprint density at radius 2 is 2.12 bits per heavy atom. The number of nitrogens with one attached hydrogen (secondary N) is 1. The molecule has 1 aliphatic rings. The summed E-state index contributed by atoms with van der Waals surface area (Å²) < 4.78 is 0. The number of hydrogen-bond donors (Lipinski definition) is 1. The molecule has 0 amide bonds. The standard InChI is InChI=1S/C16H31N/c1-4-15-9-7-10-16(12-15)8-5-6-11-17-13-14(2)3/h5,8,14-17H,4,6-7,9-13H2,1-3H3/b8-5+. The van der Waals surface area contributed by atoms with Crippen LogP contribution in [0.4, 0.5) is 0 Å². The zero-order chi connectivity index (χ0) is 12.5. The first-order valence-electron chi connectivity index (χ1n) is 7.59. The van der Waals surface area contributed by atoms with Crippen molar-refractivity contribution in [2.24, 2.45) is 17.8 Å². The molecule has 1 aliphatic carbocycles. The molecule has 2 atom stereocenters. The van der Waals surface area contributed by atoms with Crippen LogP contribution in [0.3, 0.4) is 0 Å². The molecule has 100 valence electrons. The van der Waals surface area contributed by atoms with Crippen molar-refractivity contribution in [3.63, 3.8) is 0 Å². The van der Waals surface area contributed by atoms with Gasteiger partial charge < -0.3 is 5.32 Å². The summed E-state index contributed by atoms with van der Waals surface area (Å²) >= 11 is 0. The molecule has 0 aliphatic heterocycles. The van der Waals surface area contributed by atoms with Crippen LogP contribution in [0.25, 0.3) is 0 Å². The molecular weight excluding hydrogens is 206 g/mol. The Kier molecular flexibility index (Phi) is 7.59. The van der Waals surface area contributed by atoms with Crippen LogP contribution in [-0.2, 0) is 0 Å². The van der Waals surface area contributed by atoms with Gasteiger partial charge in [-0.25, -0.2) is 0 Å². The summed E-state index contributed by atoms with van der Waals surface area (Å²) in [4.78, 5) is 0. The molecule has 1 nitrogen and oxygen atoms in total. The molecule has 0 aromatic heterocycles. The summed E-state index contributed by atoms with van der Waals surface area (Å²) in [5, 5.41) is 3.49. The smallest absolute Gasteiger partial charge is 0.00142 e. The third kappa shape index (κ3) is 6.88. The molecule has 1 heteroatoms.